The first-order valence-corrected chi connectivity index (χ1v) is 10.7. The maximum atomic E-state index is 5.95. The fourth-order valence-corrected chi connectivity index (χ4v) is 4.23. The van der Waals surface area contributed by atoms with Gasteiger partial charge in [0, 0.05) is 17.3 Å². The van der Waals surface area contributed by atoms with Gasteiger partial charge in [-0.2, -0.15) is 0 Å². The Morgan fingerprint density at radius 3 is 2.12 bits per heavy atom. The van der Waals surface area contributed by atoms with E-state index in [0.29, 0.717) is 5.89 Å². The first kappa shape index (κ1) is 18.5. The van der Waals surface area contributed by atoms with E-state index in [9.17, 15) is 0 Å². The molecule has 152 valence electrons. The zero-order valence-electron chi connectivity index (χ0n) is 17.6. The summed E-state index contributed by atoms with van der Waals surface area (Å²) < 4.78 is 5.95. The third-order valence-electron chi connectivity index (χ3n) is 5.89. The summed E-state index contributed by atoms with van der Waals surface area (Å²) in [5, 5.41) is 4.84. The Kier molecular flexibility index (Phi) is 4.32. The van der Waals surface area contributed by atoms with Crippen LogP contribution in [0.3, 0.4) is 0 Å². The first-order valence-electron chi connectivity index (χ1n) is 10.7. The molecule has 0 spiro atoms. The van der Waals surface area contributed by atoms with Crippen LogP contribution in [-0.2, 0) is 0 Å². The van der Waals surface area contributed by atoms with Crippen LogP contribution in [0.15, 0.2) is 106 Å². The molecule has 3 heteroatoms. The normalized spacial score (nSPS) is 11.8. The van der Waals surface area contributed by atoms with Crippen LogP contribution in [0.5, 0.6) is 0 Å². The molecule has 0 saturated heterocycles. The Hall–Kier alpha value is -4.24. The molecular formula is C29H20N2O. The number of hydrogen-bond donors (Lipinski definition) is 0. The summed E-state index contributed by atoms with van der Waals surface area (Å²) in [7, 11) is 0. The number of aryl methyl sites for hydroxylation is 1. The number of para-hydroxylation sites is 1. The number of aliphatic imine (C=N–C) groups is 1. The molecule has 6 rings (SSSR count). The molecule has 1 heterocycles. The van der Waals surface area contributed by atoms with Gasteiger partial charge in [-0.15, -0.1) is 0 Å². The molecule has 0 aliphatic heterocycles. The van der Waals surface area contributed by atoms with E-state index < -0.39 is 0 Å². The fraction of sp³-hybridized carbons (Fsp3) is 0.0345. The van der Waals surface area contributed by atoms with Gasteiger partial charge in [-0.1, -0.05) is 60.7 Å². The van der Waals surface area contributed by atoms with Crippen molar-refractivity contribution in [2.24, 2.45) is 4.99 Å². The minimum atomic E-state index is 0.630. The largest absolute Gasteiger partial charge is 0.436 e. The molecule has 0 bridgehead atoms. The lowest BCUT2D eigenvalue weighted by molar-refractivity contribution is 0.620. The van der Waals surface area contributed by atoms with Crippen molar-refractivity contribution >= 4 is 44.5 Å². The number of benzene rings is 5. The van der Waals surface area contributed by atoms with Gasteiger partial charge >= 0.3 is 0 Å². The van der Waals surface area contributed by atoms with Crippen LogP contribution in [-0.4, -0.2) is 11.2 Å². The van der Waals surface area contributed by atoms with Gasteiger partial charge in [-0.05, 0) is 70.4 Å². The van der Waals surface area contributed by atoms with Crippen LogP contribution in [0, 0.1) is 6.92 Å². The van der Waals surface area contributed by atoms with Crippen LogP contribution in [0.2, 0.25) is 0 Å². The quantitative estimate of drug-likeness (QED) is 0.219. The lowest BCUT2D eigenvalue weighted by atomic mass is 9.97. The number of fused-ring (bicyclic) bond motifs is 3. The van der Waals surface area contributed by atoms with Crippen LogP contribution >= 0.6 is 0 Å². The molecule has 0 radical (unpaired) electrons. The van der Waals surface area contributed by atoms with E-state index in [2.05, 4.69) is 59.6 Å². The second kappa shape index (κ2) is 7.47. The number of aromatic nitrogens is 1. The third kappa shape index (κ3) is 3.15. The van der Waals surface area contributed by atoms with Crippen molar-refractivity contribution in [3.05, 3.63) is 108 Å². The standard InChI is InChI=1S/C29H20N2O/c1-19-7-6-12-27-28(19)31-29(32-27)20-13-15-23(16-14-20)30-18-26-24-10-4-2-8-21(24)17-22-9-3-5-11-25(22)26/h2-18H,1H3. The molecule has 0 aliphatic rings. The van der Waals surface area contributed by atoms with E-state index in [1.54, 1.807) is 0 Å². The van der Waals surface area contributed by atoms with E-state index in [4.69, 9.17) is 9.41 Å². The second-order valence-corrected chi connectivity index (χ2v) is 7.98. The molecule has 32 heavy (non-hydrogen) atoms. The molecule has 3 nitrogen and oxygen atoms in total. The van der Waals surface area contributed by atoms with Crippen molar-refractivity contribution in [3.8, 4) is 11.5 Å². The lowest BCUT2D eigenvalue weighted by Crippen LogP contribution is -1.88. The molecule has 0 saturated carbocycles. The minimum absolute atomic E-state index is 0.630. The minimum Gasteiger partial charge on any atom is -0.436 e. The maximum Gasteiger partial charge on any atom is 0.227 e. The Labute approximate surface area is 185 Å². The SMILES string of the molecule is Cc1cccc2oc(-c3ccc(N=Cc4c5ccccc5cc5ccccc45)cc3)nc12. The molecule has 6 aromatic rings. The van der Waals surface area contributed by atoms with Gasteiger partial charge in [-0.3, -0.25) is 4.99 Å². The predicted molar refractivity (Wildman–Crippen MR) is 133 cm³/mol. The summed E-state index contributed by atoms with van der Waals surface area (Å²) in [5.41, 5.74) is 5.80. The van der Waals surface area contributed by atoms with Gasteiger partial charge in [0.05, 0.1) is 5.69 Å². The highest BCUT2D eigenvalue weighted by Gasteiger charge is 2.10. The topological polar surface area (TPSA) is 38.4 Å². The molecule has 5 aromatic carbocycles. The molecular weight excluding hydrogens is 392 g/mol. The van der Waals surface area contributed by atoms with Crippen molar-refractivity contribution < 1.29 is 4.42 Å². The Bertz CT molecular complexity index is 1570. The molecule has 0 N–H and O–H groups in total. The third-order valence-corrected chi connectivity index (χ3v) is 5.89. The van der Waals surface area contributed by atoms with Gasteiger partial charge in [0.2, 0.25) is 5.89 Å². The van der Waals surface area contributed by atoms with Crippen molar-refractivity contribution in [3.63, 3.8) is 0 Å². The van der Waals surface area contributed by atoms with Crippen molar-refractivity contribution in [2.45, 2.75) is 6.92 Å². The van der Waals surface area contributed by atoms with Crippen molar-refractivity contribution in [2.75, 3.05) is 0 Å². The van der Waals surface area contributed by atoms with E-state index in [0.717, 1.165) is 33.5 Å². The molecule has 0 unspecified atom stereocenters. The fourth-order valence-electron chi connectivity index (χ4n) is 4.23. The van der Waals surface area contributed by atoms with E-state index in [1.807, 2.05) is 55.6 Å². The van der Waals surface area contributed by atoms with Gasteiger partial charge in [-0.25, -0.2) is 4.98 Å². The predicted octanol–water partition coefficient (Wildman–Crippen LogP) is 7.86. The highest BCUT2D eigenvalue weighted by molar-refractivity contribution is 6.13. The number of rotatable bonds is 3. The van der Waals surface area contributed by atoms with Gasteiger partial charge < -0.3 is 4.42 Å². The average molecular weight is 412 g/mol. The smallest absolute Gasteiger partial charge is 0.227 e. The van der Waals surface area contributed by atoms with Crippen LogP contribution in [0.4, 0.5) is 5.69 Å². The van der Waals surface area contributed by atoms with E-state index in [-0.39, 0.29) is 0 Å². The Morgan fingerprint density at radius 2 is 1.44 bits per heavy atom. The van der Waals surface area contributed by atoms with Gasteiger partial charge in [0.1, 0.15) is 5.52 Å². The Balaban J connectivity index is 1.38. The van der Waals surface area contributed by atoms with Crippen LogP contribution < -0.4 is 0 Å². The number of hydrogen-bond acceptors (Lipinski definition) is 3. The summed E-state index contributed by atoms with van der Waals surface area (Å²) in [5.74, 6) is 0.630. The summed E-state index contributed by atoms with van der Waals surface area (Å²) in [4.78, 5) is 9.46. The molecule has 0 amide bonds. The lowest BCUT2D eigenvalue weighted by Gasteiger charge is -2.08. The number of nitrogens with zero attached hydrogens (tertiary/aromatic N) is 2. The van der Waals surface area contributed by atoms with Crippen molar-refractivity contribution in [1.82, 2.24) is 4.98 Å². The second-order valence-electron chi connectivity index (χ2n) is 7.98. The summed E-state index contributed by atoms with van der Waals surface area (Å²) in [6, 6.07) is 33.1. The molecule has 0 atom stereocenters. The highest BCUT2D eigenvalue weighted by Crippen LogP contribution is 2.29. The summed E-state index contributed by atoms with van der Waals surface area (Å²) in [6.07, 6.45) is 1.97. The van der Waals surface area contributed by atoms with Gasteiger partial charge in [0.25, 0.3) is 0 Å². The zero-order valence-corrected chi connectivity index (χ0v) is 17.6. The monoisotopic (exact) mass is 412 g/mol. The molecule has 1 aromatic heterocycles. The summed E-state index contributed by atoms with van der Waals surface area (Å²) in [6.45, 7) is 2.05. The Morgan fingerprint density at radius 1 is 0.750 bits per heavy atom. The summed E-state index contributed by atoms with van der Waals surface area (Å²) >= 11 is 0. The van der Waals surface area contributed by atoms with Crippen LogP contribution in [0.25, 0.3) is 44.1 Å². The van der Waals surface area contributed by atoms with Crippen molar-refractivity contribution in [1.29, 1.82) is 0 Å². The van der Waals surface area contributed by atoms with Crippen LogP contribution in [0.1, 0.15) is 11.1 Å². The zero-order chi connectivity index (χ0) is 21.5. The number of oxazole rings is 1. The van der Waals surface area contributed by atoms with Gasteiger partial charge in [0.15, 0.2) is 5.58 Å². The molecule has 0 fully saturated rings. The maximum absolute atomic E-state index is 5.95. The molecule has 0 aliphatic carbocycles. The highest BCUT2D eigenvalue weighted by atomic mass is 16.3. The van der Waals surface area contributed by atoms with E-state index >= 15 is 0 Å². The average Bonchev–Trinajstić information content (AvgIpc) is 3.28. The van der Waals surface area contributed by atoms with E-state index in [1.165, 1.54) is 21.5 Å². The first-order chi connectivity index (χ1) is 15.8.